The summed E-state index contributed by atoms with van der Waals surface area (Å²) in [5.74, 6) is 1.27. The van der Waals surface area contributed by atoms with Gasteiger partial charge in [-0.05, 0) is 19.4 Å². The molecule has 5 nitrogen and oxygen atoms in total. The van der Waals surface area contributed by atoms with Gasteiger partial charge in [-0.1, -0.05) is 11.6 Å². The van der Waals surface area contributed by atoms with Crippen molar-refractivity contribution in [1.82, 2.24) is 20.4 Å². The number of nitrogens with zero attached hydrogens (tertiary/aromatic N) is 3. The third-order valence-corrected chi connectivity index (χ3v) is 3.30. The average molecular weight is 236 g/mol. The molecule has 1 unspecified atom stereocenters. The lowest BCUT2D eigenvalue weighted by atomic mass is 10.0. The highest BCUT2D eigenvalue weighted by Crippen LogP contribution is 2.23. The number of thiazole rings is 1. The minimum absolute atomic E-state index is 0.241. The van der Waals surface area contributed by atoms with Gasteiger partial charge >= 0.3 is 0 Å². The summed E-state index contributed by atoms with van der Waals surface area (Å²) in [6, 6.07) is 0.241. The van der Waals surface area contributed by atoms with Crippen molar-refractivity contribution in [2.24, 2.45) is 0 Å². The predicted octanol–water partition coefficient (Wildman–Crippen LogP) is 2.01. The molecule has 1 aliphatic rings. The van der Waals surface area contributed by atoms with Gasteiger partial charge in [0.2, 0.25) is 0 Å². The Kier molecular flexibility index (Phi) is 2.67. The lowest BCUT2D eigenvalue weighted by Gasteiger charge is -2.19. The molecule has 2 aromatic heterocycles. The van der Waals surface area contributed by atoms with Gasteiger partial charge in [0.15, 0.2) is 5.82 Å². The first-order chi connectivity index (χ1) is 7.93. The van der Waals surface area contributed by atoms with Crippen LogP contribution in [0.2, 0.25) is 0 Å². The van der Waals surface area contributed by atoms with Crippen molar-refractivity contribution in [3.63, 3.8) is 0 Å². The number of piperidine rings is 1. The molecule has 6 heteroatoms. The van der Waals surface area contributed by atoms with E-state index in [1.165, 1.54) is 24.2 Å². The molecule has 16 heavy (non-hydrogen) atoms. The zero-order chi connectivity index (χ0) is 10.8. The highest BCUT2D eigenvalue weighted by atomic mass is 32.1. The molecule has 2 aromatic rings. The largest absolute Gasteiger partial charge is 0.332 e. The van der Waals surface area contributed by atoms with Crippen molar-refractivity contribution >= 4 is 11.3 Å². The second-order valence-electron chi connectivity index (χ2n) is 3.83. The van der Waals surface area contributed by atoms with Crippen molar-refractivity contribution in [3.05, 3.63) is 16.7 Å². The second kappa shape index (κ2) is 4.31. The molecule has 0 amide bonds. The van der Waals surface area contributed by atoms with Gasteiger partial charge < -0.3 is 9.84 Å². The third-order valence-electron chi connectivity index (χ3n) is 2.72. The van der Waals surface area contributed by atoms with Crippen molar-refractivity contribution in [2.75, 3.05) is 6.54 Å². The summed E-state index contributed by atoms with van der Waals surface area (Å²) in [4.78, 5) is 8.53. The molecule has 0 aliphatic carbocycles. The van der Waals surface area contributed by atoms with Crippen LogP contribution in [-0.2, 0) is 0 Å². The van der Waals surface area contributed by atoms with Gasteiger partial charge in [-0.3, -0.25) is 0 Å². The van der Waals surface area contributed by atoms with Crippen molar-refractivity contribution in [1.29, 1.82) is 0 Å². The molecule has 0 bridgehead atoms. The standard InChI is InChI=1S/C10H12N4OS/c1-2-4-11-7(3-1)9-13-10(15-14-9)8-5-16-6-12-8/h5-7,11H,1-4H2. The minimum atomic E-state index is 0.241. The van der Waals surface area contributed by atoms with Gasteiger partial charge in [0.05, 0.1) is 11.6 Å². The Labute approximate surface area is 96.9 Å². The van der Waals surface area contributed by atoms with E-state index >= 15 is 0 Å². The zero-order valence-corrected chi connectivity index (χ0v) is 9.54. The molecule has 0 aromatic carbocycles. The number of nitrogens with one attached hydrogen (secondary N) is 1. The minimum Gasteiger partial charge on any atom is -0.332 e. The van der Waals surface area contributed by atoms with Gasteiger partial charge in [-0.15, -0.1) is 11.3 Å². The summed E-state index contributed by atoms with van der Waals surface area (Å²) in [6.07, 6.45) is 3.53. The Hall–Kier alpha value is -1.27. The van der Waals surface area contributed by atoms with E-state index in [1.807, 2.05) is 5.38 Å². The van der Waals surface area contributed by atoms with Crippen LogP contribution in [-0.4, -0.2) is 21.7 Å². The lowest BCUT2D eigenvalue weighted by molar-refractivity contribution is 0.366. The number of hydrogen-bond donors (Lipinski definition) is 1. The number of hydrogen-bond acceptors (Lipinski definition) is 6. The molecule has 0 radical (unpaired) electrons. The Morgan fingerprint density at radius 1 is 1.44 bits per heavy atom. The van der Waals surface area contributed by atoms with Gasteiger partial charge in [0.1, 0.15) is 5.69 Å². The Bertz CT molecular complexity index is 447. The van der Waals surface area contributed by atoms with Crippen LogP contribution in [0.1, 0.15) is 31.1 Å². The van der Waals surface area contributed by atoms with Crippen molar-refractivity contribution in [3.8, 4) is 11.6 Å². The van der Waals surface area contributed by atoms with Crippen molar-refractivity contribution in [2.45, 2.75) is 25.3 Å². The second-order valence-corrected chi connectivity index (χ2v) is 4.55. The van der Waals surface area contributed by atoms with E-state index in [1.54, 1.807) is 5.51 Å². The van der Waals surface area contributed by atoms with E-state index in [4.69, 9.17) is 4.52 Å². The van der Waals surface area contributed by atoms with Crippen LogP contribution in [0, 0.1) is 0 Å². The molecule has 1 atom stereocenters. The Balaban J connectivity index is 1.82. The monoisotopic (exact) mass is 236 g/mol. The van der Waals surface area contributed by atoms with E-state index in [2.05, 4.69) is 20.4 Å². The first kappa shape index (κ1) is 9.92. The van der Waals surface area contributed by atoms with E-state index < -0.39 is 0 Å². The van der Waals surface area contributed by atoms with Gasteiger partial charge in [-0.25, -0.2) is 4.98 Å². The SMILES string of the molecule is c1nc(-c2nc(C3CCCCN3)no2)cs1. The first-order valence-corrected chi connectivity index (χ1v) is 6.33. The molecule has 3 heterocycles. The van der Waals surface area contributed by atoms with Crippen LogP contribution < -0.4 is 5.32 Å². The molecule has 3 rings (SSSR count). The number of aromatic nitrogens is 3. The predicted molar refractivity (Wildman–Crippen MR) is 60.0 cm³/mol. The van der Waals surface area contributed by atoms with Crippen LogP contribution in [0.3, 0.4) is 0 Å². The van der Waals surface area contributed by atoms with Crippen LogP contribution in [0.25, 0.3) is 11.6 Å². The quantitative estimate of drug-likeness (QED) is 0.864. The molecule has 84 valence electrons. The molecule has 1 saturated heterocycles. The summed E-state index contributed by atoms with van der Waals surface area (Å²) in [5.41, 5.74) is 2.53. The van der Waals surface area contributed by atoms with Crippen LogP contribution >= 0.6 is 11.3 Å². The van der Waals surface area contributed by atoms with Gasteiger partial charge in [0, 0.05) is 5.38 Å². The molecular weight excluding hydrogens is 224 g/mol. The smallest absolute Gasteiger partial charge is 0.277 e. The molecule has 1 aliphatic heterocycles. The summed E-state index contributed by atoms with van der Waals surface area (Å²) in [7, 11) is 0. The Morgan fingerprint density at radius 3 is 3.19 bits per heavy atom. The summed E-state index contributed by atoms with van der Waals surface area (Å²) < 4.78 is 5.21. The van der Waals surface area contributed by atoms with E-state index in [0.29, 0.717) is 5.89 Å². The number of rotatable bonds is 2. The highest BCUT2D eigenvalue weighted by Gasteiger charge is 2.21. The van der Waals surface area contributed by atoms with Crippen LogP contribution in [0.4, 0.5) is 0 Å². The summed E-state index contributed by atoms with van der Waals surface area (Å²) in [5, 5.41) is 9.31. The average Bonchev–Trinajstić information content (AvgIpc) is 3.01. The Morgan fingerprint density at radius 2 is 2.44 bits per heavy atom. The fourth-order valence-electron chi connectivity index (χ4n) is 1.87. The molecule has 1 fully saturated rings. The van der Waals surface area contributed by atoms with Crippen LogP contribution in [0.15, 0.2) is 15.4 Å². The third kappa shape index (κ3) is 1.85. The topological polar surface area (TPSA) is 63.8 Å². The fourth-order valence-corrected chi connectivity index (χ4v) is 2.40. The zero-order valence-electron chi connectivity index (χ0n) is 8.72. The summed E-state index contributed by atoms with van der Waals surface area (Å²) in [6.45, 7) is 1.03. The molecule has 0 saturated carbocycles. The summed E-state index contributed by atoms with van der Waals surface area (Å²) >= 11 is 1.52. The van der Waals surface area contributed by atoms with Crippen LogP contribution in [0.5, 0.6) is 0 Å². The fraction of sp³-hybridized carbons (Fsp3) is 0.500. The maximum Gasteiger partial charge on any atom is 0.277 e. The molecule has 0 spiro atoms. The first-order valence-electron chi connectivity index (χ1n) is 5.39. The normalized spacial score (nSPS) is 21.1. The lowest BCUT2D eigenvalue weighted by Crippen LogP contribution is -2.27. The molecular formula is C10H12N4OS. The van der Waals surface area contributed by atoms with Gasteiger partial charge in [0.25, 0.3) is 5.89 Å². The molecule has 1 N–H and O–H groups in total. The van der Waals surface area contributed by atoms with E-state index in [0.717, 1.165) is 24.5 Å². The van der Waals surface area contributed by atoms with E-state index in [9.17, 15) is 0 Å². The highest BCUT2D eigenvalue weighted by molar-refractivity contribution is 7.07. The maximum absolute atomic E-state index is 5.21. The van der Waals surface area contributed by atoms with Crippen molar-refractivity contribution < 1.29 is 4.52 Å². The van der Waals surface area contributed by atoms with Gasteiger partial charge in [-0.2, -0.15) is 4.98 Å². The van der Waals surface area contributed by atoms with E-state index in [-0.39, 0.29) is 6.04 Å². The maximum atomic E-state index is 5.21.